The molecule has 0 saturated heterocycles. The summed E-state index contributed by atoms with van der Waals surface area (Å²) in [4.78, 5) is 7.68. The minimum absolute atomic E-state index is 0.334. The smallest absolute Gasteiger partial charge is 0.117 e. The van der Waals surface area contributed by atoms with Gasteiger partial charge in [-0.25, -0.2) is 9.97 Å². The summed E-state index contributed by atoms with van der Waals surface area (Å²) in [5.41, 5.74) is 0.740. The normalized spacial score (nSPS) is 8.80. The largest absolute Gasteiger partial charge is 0.240 e. The minimum atomic E-state index is 0.334. The van der Waals surface area contributed by atoms with Crippen molar-refractivity contribution in [2.75, 3.05) is 0 Å². The molecule has 0 aliphatic heterocycles. The molecule has 1 heterocycles. The highest BCUT2D eigenvalue weighted by Gasteiger charge is 1.92. The van der Waals surface area contributed by atoms with Crippen LogP contribution in [0.15, 0.2) is 17.0 Å². The summed E-state index contributed by atoms with van der Waals surface area (Å²) in [5, 5.41) is 8.28. The average molecular weight is 198 g/mol. The summed E-state index contributed by atoms with van der Waals surface area (Å²) in [6.45, 7) is 0. The predicted molar refractivity (Wildman–Crippen MR) is 39.0 cm³/mol. The summed E-state index contributed by atoms with van der Waals surface area (Å²) < 4.78 is 0.716. The minimum Gasteiger partial charge on any atom is -0.240 e. The van der Waals surface area contributed by atoms with Crippen molar-refractivity contribution in [3.8, 4) is 6.07 Å². The van der Waals surface area contributed by atoms with E-state index in [1.807, 2.05) is 6.07 Å². The molecule has 3 nitrogen and oxygen atoms in total. The zero-order valence-corrected chi connectivity index (χ0v) is 6.67. The first-order valence-corrected chi connectivity index (χ1v) is 3.45. The molecule has 0 N–H and O–H groups in total. The second kappa shape index (κ2) is 3.28. The van der Waals surface area contributed by atoms with Crippen molar-refractivity contribution in [2.24, 2.45) is 0 Å². The fraction of sp³-hybridized carbons (Fsp3) is 0.167. The molecule has 1 rings (SSSR count). The quantitative estimate of drug-likeness (QED) is 0.639. The molecule has 1 aromatic heterocycles. The number of nitrogens with zero attached hydrogens (tertiary/aromatic N) is 3. The van der Waals surface area contributed by atoms with Crippen molar-refractivity contribution < 1.29 is 0 Å². The molecule has 0 atom stereocenters. The Morgan fingerprint density at radius 3 is 3.00 bits per heavy atom. The summed E-state index contributed by atoms with van der Waals surface area (Å²) >= 11 is 3.17. The van der Waals surface area contributed by atoms with Gasteiger partial charge in [0.25, 0.3) is 0 Å². The monoisotopic (exact) mass is 197 g/mol. The van der Waals surface area contributed by atoms with Gasteiger partial charge in [0.2, 0.25) is 0 Å². The van der Waals surface area contributed by atoms with Crippen LogP contribution in [0.25, 0.3) is 0 Å². The first kappa shape index (κ1) is 7.16. The molecular weight excluding hydrogens is 194 g/mol. The van der Waals surface area contributed by atoms with Crippen molar-refractivity contribution in [3.63, 3.8) is 0 Å². The van der Waals surface area contributed by atoms with E-state index < -0.39 is 0 Å². The van der Waals surface area contributed by atoms with Gasteiger partial charge < -0.3 is 0 Å². The number of rotatable bonds is 1. The Kier molecular flexibility index (Phi) is 2.35. The Bertz CT molecular complexity index is 266. The van der Waals surface area contributed by atoms with Crippen LogP contribution in [0, 0.1) is 11.3 Å². The molecule has 0 bridgehead atoms. The third-order valence-corrected chi connectivity index (χ3v) is 1.38. The van der Waals surface area contributed by atoms with Gasteiger partial charge in [0, 0.05) is 0 Å². The van der Waals surface area contributed by atoms with Crippen molar-refractivity contribution in [3.05, 3.63) is 22.7 Å². The topological polar surface area (TPSA) is 49.6 Å². The van der Waals surface area contributed by atoms with Gasteiger partial charge in [-0.3, -0.25) is 0 Å². The number of aromatic nitrogens is 2. The Morgan fingerprint density at radius 1 is 1.60 bits per heavy atom. The third-order valence-electron chi connectivity index (χ3n) is 0.951. The SMILES string of the molecule is N#CCc1cc(Br)ncn1. The molecule has 10 heavy (non-hydrogen) atoms. The lowest BCUT2D eigenvalue weighted by molar-refractivity contribution is 1.04. The van der Waals surface area contributed by atoms with Gasteiger partial charge in [0.05, 0.1) is 18.2 Å². The Morgan fingerprint density at radius 2 is 2.40 bits per heavy atom. The van der Waals surface area contributed by atoms with Crippen LogP contribution < -0.4 is 0 Å². The highest BCUT2D eigenvalue weighted by Crippen LogP contribution is 2.04. The lowest BCUT2D eigenvalue weighted by Crippen LogP contribution is -1.88. The van der Waals surface area contributed by atoms with E-state index in [4.69, 9.17) is 5.26 Å². The number of nitriles is 1. The van der Waals surface area contributed by atoms with E-state index >= 15 is 0 Å². The molecule has 0 unspecified atom stereocenters. The van der Waals surface area contributed by atoms with Gasteiger partial charge in [-0.15, -0.1) is 0 Å². The average Bonchev–Trinajstić information content (AvgIpc) is 1.88. The van der Waals surface area contributed by atoms with Crippen LogP contribution in [0.4, 0.5) is 0 Å². The summed E-state index contributed by atoms with van der Waals surface area (Å²) in [6.07, 6.45) is 1.76. The van der Waals surface area contributed by atoms with E-state index in [2.05, 4.69) is 25.9 Å². The van der Waals surface area contributed by atoms with Crippen LogP contribution in [0.5, 0.6) is 0 Å². The van der Waals surface area contributed by atoms with E-state index in [0.29, 0.717) is 11.0 Å². The van der Waals surface area contributed by atoms with Crippen molar-refractivity contribution in [1.82, 2.24) is 9.97 Å². The Balaban J connectivity index is 2.87. The number of hydrogen-bond donors (Lipinski definition) is 0. The Labute approximate surface area is 66.9 Å². The van der Waals surface area contributed by atoms with Gasteiger partial charge in [-0.1, -0.05) is 0 Å². The molecule has 0 radical (unpaired) electrons. The second-order valence-corrected chi connectivity index (χ2v) is 2.48. The van der Waals surface area contributed by atoms with Gasteiger partial charge in [-0.05, 0) is 22.0 Å². The maximum absolute atomic E-state index is 8.28. The van der Waals surface area contributed by atoms with Gasteiger partial charge in [0.15, 0.2) is 0 Å². The molecular formula is C6H4BrN3. The first-order chi connectivity index (χ1) is 4.83. The van der Waals surface area contributed by atoms with E-state index in [0.717, 1.165) is 5.69 Å². The molecule has 1 aromatic rings. The van der Waals surface area contributed by atoms with Crippen LogP contribution in [0.2, 0.25) is 0 Å². The lowest BCUT2D eigenvalue weighted by atomic mass is 10.3. The van der Waals surface area contributed by atoms with Crippen molar-refractivity contribution in [1.29, 1.82) is 5.26 Å². The Hall–Kier alpha value is -0.950. The molecule has 4 heteroatoms. The fourth-order valence-electron chi connectivity index (χ4n) is 0.548. The second-order valence-electron chi connectivity index (χ2n) is 1.67. The molecule has 0 aromatic carbocycles. The third kappa shape index (κ3) is 1.78. The molecule has 50 valence electrons. The molecule has 0 aliphatic rings. The highest BCUT2D eigenvalue weighted by atomic mass is 79.9. The van der Waals surface area contributed by atoms with Crippen molar-refractivity contribution >= 4 is 15.9 Å². The maximum atomic E-state index is 8.28. The summed E-state index contributed by atoms with van der Waals surface area (Å²) in [7, 11) is 0. The fourth-order valence-corrected chi connectivity index (χ4v) is 0.904. The van der Waals surface area contributed by atoms with E-state index in [-0.39, 0.29) is 0 Å². The zero-order valence-electron chi connectivity index (χ0n) is 5.08. The standard InChI is InChI=1S/C6H4BrN3/c7-6-3-5(1-2-8)9-4-10-6/h3-4H,1H2. The van der Waals surface area contributed by atoms with Crippen molar-refractivity contribution in [2.45, 2.75) is 6.42 Å². The van der Waals surface area contributed by atoms with Gasteiger partial charge in [-0.2, -0.15) is 5.26 Å². The van der Waals surface area contributed by atoms with E-state index in [9.17, 15) is 0 Å². The molecule has 0 aliphatic carbocycles. The lowest BCUT2D eigenvalue weighted by Gasteiger charge is -1.91. The maximum Gasteiger partial charge on any atom is 0.117 e. The van der Waals surface area contributed by atoms with Crippen LogP contribution in [0.1, 0.15) is 5.69 Å². The van der Waals surface area contributed by atoms with Gasteiger partial charge in [0.1, 0.15) is 10.9 Å². The molecule has 0 fully saturated rings. The van der Waals surface area contributed by atoms with Crippen LogP contribution in [0.3, 0.4) is 0 Å². The van der Waals surface area contributed by atoms with E-state index in [1.165, 1.54) is 6.33 Å². The van der Waals surface area contributed by atoms with Crippen LogP contribution in [-0.4, -0.2) is 9.97 Å². The summed E-state index contributed by atoms with van der Waals surface area (Å²) in [6, 6.07) is 3.73. The predicted octanol–water partition coefficient (Wildman–Crippen LogP) is 1.31. The van der Waals surface area contributed by atoms with Crippen LogP contribution in [-0.2, 0) is 6.42 Å². The number of halogens is 1. The van der Waals surface area contributed by atoms with Gasteiger partial charge >= 0.3 is 0 Å². The zero-order chi connectivity index (χ0) is 7.40. The molecule has 0 amide bonds. The summed E-state index contributed by atoms with van der Waals surface area (Å²) in [5.74, 6) is 0. The molecule has 0 spiro atoms. The van der Waals surface area contributed by atoms with Crippen LogP contribution >= 0.6 is 15.9 Å². The highest BCUT2D eigenvalue weighted by molar-refractivity contribution is 9.10. The van der Waals surface area contributed by atoms with E-state index in [1.54, 1.807) is 6.07 Å². The first-order valence-electron chi connectivity index (χ1n) is 2.66. The molecule has 0 saturated carbocycles. The number of hydrogen-bond acceptors (Lipinski definition) is 3.